The highest BCUT2D eigenvalue weighted by Gasteiger charge is 2.25. The zero-order valence-corrected chi connectivity index (χ0v) is 18.5. The van der Waals surface area contributed by atoms with Crippen LogP contribution in [-0.4, -0.2) is 54.3 Å². The first-order valence-corrected chi connectivity index (χ1v) is 11.1. The summed E-state index contributed by atoms with van der Waals surface area (Å²) >= 11 is 0. The van der Waals surface area contributed by atoms with E-state index >= 15 is 0 Å². The van der Waals surface area contributed by atoms with Gasteiger partial charge in [-0.2, -0.15) is 0 Å². The predicted octanol–water partition coefficient (Wildman–Crippen LogP) is 3.99. The minimum absolute atomic E-state index is 0.0574. The van der Waals surface area contributed by atoms with Gasteiger partial charge in [-0.15, -0.1) is 0 Å². The highest BCUT2D eigenvalue weighted by atomic mass is 16.2. The first-order chi connectivity index (χ1) is 15.6. The van der Waals surface area contributed by atoms with Crippen molar-refractivity contribution in [2.75, 3.05) is 37.6 Å². The van der Waals surface area contributed by atoms with Crippen molar-refractivity contribution in [2.24, 2.45) is 0 Å². The fourth-order valence-electron chi connectivity index (χ4n) is 4.03. The average Bonchev–Trinajstić information content (AvgIpc) is 2.84. The van der Waals surface area contributed by atoms with Gasteiger partial charge in [0.15, 0.2) is 0 Å². The average molecular weight is 428 g/mol. The topological polar surface area (TPSA) is 43.9 Å². The van der Waals surface area contributed by atoms with Crippen LogP contribution in [0.5, 0.6) is 0 Å². The molecule has 5 heteroatoms. The molecule has 1 heterocycles. The van der Waals surface area contributed by atoms with Crippen molar-refractivity contribution in [1.29, 1.82) is 0 Å². The first kappa shape index (κ1) is 21.8. The quantitative estimate of drug-likeness (QED) is 0.598. The molecule has 1 fully saturated rings. The Hall–Kier alpha value is -3.44. The lowest BCUT2D eigenvalue weighted by Crippen LogP contribution is -2.51. The minimum Gasteiger partial charge on any atom is -0.336 e. The molecule has 4 rings (SSSR count). The third-order valence-electron chi connectivity index (χ3n) is 5.84. The van der Waals surface area contributed by atoms with Crippen molar-refractivity contribution >= 4 is 17.5 Å². The number of aryl methyl sites for hydroxylation is 1. The highest BCUT2D eigenvalue weighted by molar-refractivity contribution is 5.95. The van der Waals surface area contributed by atoms with E-state index in [2.05, 4.69) is 11.0 Å². The van der Waals surface area contributed by atoms with Gasteiger partial charge in [-0.3, -0.25) is 14.5 Å². The van der Waals surface area contributed by atoms with Crippen LogP contribution in [0.15, 0.2) is 84.9 Å². The van der Waals surface area contributed by atoms with Gasteiger partial charge < -0.3 is 9.80 Å². The van der Waals surface area contributed by atoms with Gasteiger partial charge in [-0.05, 0) is 42.3 Å². The predicted molar refractivity (Wildman–Crippen MR) is 128 cm³/mol. The summed E-state index contributed by atoms with van der Waals surface area (Å²) in [5.41, 5.74) is 3.85. The normalized spacial score (nSPS) is 14.2. The van der Waals surface area contributed by atoms with Gasteiger partial charge in [-0.1, -0.05) is 60.7 Å². The van der Waals surface area contributed by atoms with Gasteiger partial charge in [0.2, 0.25) is 5.91 Å². The third kappa shape index (κ3) is 5.42. The van der Waals surface area contributed by atoms with Gasteiger partial charge in [0.1, 0.15) is 0 Å². The number of hydrogen-bond acceptors (Lipinski definition) is 3. The lowest BCUT2D eigenvalue weighted by molar-refractivity contribution is -0.120. The summed E-state index contributed by atoms with van der Waals surface area (Å²) in [5.74, 6) is 0.129. The van der Waals surface area contributed by atoms with E-state index in [0.29, 0.717) is 44.8 Å². The molecule has 0 radical (unpaired) electrons. The van der Waals surface area contributed by atoms with Crippen molar-refractivity contribution < 1.29 is 9.59 Å². The Balaban J connectivity index is 1.41. The molecule has 0 atom stereocenters. The zero-order chi connectivity index (χ0) is 22.3. The third-order valence-corrected chi connectivity index (χ3v) is 5.84. The number of rotatable bonds is 6. The largest absolute Gasteiger partial charge is 0.336 e. The van der Waals surface area contributed by atoms with Crippen LogP contribution in [0.4, 0.5) is 5.69 Å². The zero-order valence-electron chi connectivity index (χ0n) is 18.5. The van der Waals surface area contributed by atoms with Gasteiger partial charge in [-0.25, -0.2) is 0 Å². The number of hydrogen-bond donors (Lipinski definition) is 0. The smallest absolute Gasteiger partial charge is 0.253 e. The van der Waals surface area contributed by atoms with Crippen molar-refractivity contribution in [1.82, 2.24) is 9.80 Å². The maximum absolute atomic E-state index is 13.4. The molecule has 1 saturated heterocycles. The summed E-state index contributed by atoms with van der Waals surface area (Å²) in [5, 5.41) is 0. The molecule has 0 spiro atoms. The van der Waals surface area contributed by atoms with Crippen molar-refractivity contribution in [3.8, 4) is 0 Å². The summed E-state index contributed by atoms with van der Waals surface area (Å²) in [6, 6.07) is 27.5. The molecule has 0 aromatic heterocycles. The molecule has 3 aromatic rings. The van der Waals surface area contributed by atoms with E-state index in [1.165, 1.54) is 0 Å². The SMILES string of the molecule is Cc1cccc(N(Cc2ccccc2)C(=O)CN2CCN(C(=O)c3ccccc3)CC2)c1. The summed E-state index contributed by atoms with van der Waals surface area (Å²) in [4.78, 5) is 31.9. The molecule has 0 unspecified atom stereocenters. The summed E-state index contributed by atoms with van der Waals surface area (Å²) in [7, 11) is 0. The van der Waals surface area contributed by atoms with Crippen LogP contribution in [0.3, 0.4) is 0 Å². The van der Waals surface area contributed by atoms with Crippen molar-refractivity contribution in [3.63, 3.8) is 0 Å². The highest BCUT2D eigenvalue weighted by Crippen LogP contribution is 2.20. The lowest BCUT2D eigenvalue weighted by atomic mass is 10.1. The maximum atomic E-state index is 13.4. The fourth-order valence-corrected chi connectivity index (χ4v) is 4.03. The molecule has 1 aliphatic heterocycles. The second-order valence-electron chi connectivity index (χ2n) is 8.24. The Kier molecular flexibility index (Phi) is 6.97. The van der Waals surface area contributed by atoms with Crippen LogP contribution < -0.4 is 4.90 Å². The van der Waals surface area contributed by atoms with E-state index in [1.807, 2.05) is 95.6 Å². The molecule has 0 N–H and O–H groups in total. The Morgan fingerprint density at radius 3 is 2.12 bits per heavy atom. The Bertz CT molecular complexity index is 1040. The monoisotopic (exact) mass is 427 g/mol. The molecule has 1 aliphatic rings. The van der Waals surface area contributed by atoms with Gasteiger partial charge in [0, 0.05) is 37.4 Å². The number of nitrogens with zero attached hydrogens (tertiary/aromatic N) is 3. The van der Waals surface area contributed by atoms with E-state index in [-0.39, 0.29) is 11.8 Å². The second kappa shape index (κ2) is 10.2. The molecular formula is C27H29N3O2. The Morgan fingerprint density at radius 2 is 1.47 bits per heavy atom. The molecule has 0 aliphatic carbocycles. The molecule has 3 aromatic carbocycles. The summed E-state index contributed by atoms with van der Waals surface area (Å²) in [6.45, 7) is 5.56. The van der Waals surface area contributed by atoms with Crippen LogP contribution in [0.1, 0.15) is 21.5 Å². The van der Waals surface area contributed by atoms with E-state index < -0.39 is 0 Å². The molecule has 0 saturated carbocycles. The van der Waals surface area contributed by atoms with Crippen LogP contribution in [0.2, 0.25) is 0 Å². The van der Waals surface area contributed by atoms with Crippen LogP contribution in [0.25, 0.3) is 0 Å². The molecule has 5 nitrogen and oxygen atoms in total. The molecule has 164 valence electrons. The molecular weight excluding hydrogens is 398 g/mol. The van der Waals surface area contributed by atoms with E-state index in [1.54, 1.807) is 0 Å². The summed E-state index contributed by atoms with van der Waals surface area (Å²) in [6.07, 6.45) is 0. The van der Waals surface area contributed by atoms with E-state index in [0.717, 1.165) is 16.8 Å². The Labute approximate surface area is 189 Å². The number of anilines is 1. The second-order valence-corrected chi connectivity index (χ2v) is 8.24. The van der Waals surface area contributed by atoms with Gasteiger partial charge in [0.25, 0.3) is 5.91 Å². The van der Waals surface area contributed by atoms with Gasteiger partial charge >= 0.3 is 0 Å². The fraction of sp³-hybridized carbons (Fsp3) is 0.259. The summed E-state index contributed by atoms with van der Waals surface area (Å²) < 4.78 is 0. The van der Waals surface area contributed by atoms with E-state index in [4.69, 9.17) is 0 Å². The van der Waals surface area contributed by atoms with Gasteiger partial charge in [0.05, 0.1) is 13.1 Å². The molecule has 0 bridgehead atoms. The number of carbonyl (C=O) groups excluding carboxylic acids is 2. The number of amides is 2. The number of carbonyl (C=O) groups is 2. The maximum Gasteiger partial charge on any atom is 0.253 e. The van der Waals surface area contributed by atoms with Crippen LogP contribution in [0, 0.1) is 6.92 Å². The Morgan fingerprint density at radius 1 is 0.812 bits per heavy atom. The van der Waals surface area contributed by atoms with Crippen LogP contribution in [-0.2, 0) is 11.3 Å². The lowest BCUT2D eigenvalue weighted by Gasteiger charge is -2.35. The number of piperazine rings is 1. The first-order valence-electron chi connectivity index (χ1n) is 11.1. The molecule has 32 heavy (non-hydrogen) atoms. The minimum atomic E-state index is 0.0574. The van der Waals surface area contributed by atoms with Crippen LogP contribution >= 0.6 is 0 Å². The van der Waals surface area contributed by atoms with E-state index in [9.17, 15) is 9.59 Å². The standard InChI is InChI=1S/C27H29N3O2/c1-22-9-8-14-25(19-22)30(20-23-10-4-2-5-11-23)26(31)21-28-15-17-29(18-16-28)27(32)24-12-6-3-7-13-24/h2-14,19H,15-18,20-21H2,1H3. The molecule has 2 amide bonds. The van der Waals surface area contributed by atoms with Crippen molar-refractivity contribution in [3.05, 3.63) is 102 Å². The van der Waals surface area contributed by atoms with Crippen molar-refractivity contribution in [2.45, 2.75) is 13.5 Å². The number of benzene rings is 3.